The second kappa shape index (κ2) is 7.14. The fraction of sp³-hybridized carbons (Fsp3) is 0.875. The molecule has 1 saturated carbocycles. The number of amides is 1. The van der Waals surface area contributed by atoms with Crippen LogP contribution in [0.25, 0.3) is 0 Å². The van der Waals surface area contributed by atoms with E-state index < -0.39 is 23.7 Å². The Morgan fingerprint density at radius 1 is 1.19 bits per heavy atom. The van der Waals surface area contributed by atoms with E-state index in [2.05, 4.69) is 12.2 Å². The van der Waals surface area contributed by atoms with Gasteiger partial charge in [-0.25, -0.2) is 9.59 Å². The van der Waals surface area contributed by atoms with Crippen LogP contribution in [0.2, 0.25) is 0 Å². The summed E-state index contributed by atoms with van der Waals surface area (Å²) in [5.74, 6) is -0.410. The van der Waals surface area contributed by atoms with Gasteiger partial charge in [0.15, 0.2) is 0 Å². The molecule has 122 valence electrons. The highest BCUT2D eigenvalue weighted by molar-refractivity contribution is 5.81. The van der Waals surface area contributed by atoms with Crippen LogP contribution in [0.3, 0.4) is 0 Å². The molecular weight excluding hydrogens is 270 g/mol. The largest absolute Gasteiger partial charge is 0.467 e. The molecular formula is C16H29NO4. The van der Waals surface area contributed by atoms with Crippen molar-refractivity contribution in [2.45, 2.75) is 77.9 Å². The van der Waals surface area contributed by atoms with Crippen molar-refractivity contribution in [2.24, 2.45) is 5.41 Å². The van der Waals surface area contributed by atoms with Crippen LogP contribution in [0.1, 0.15) is 66.2 Å². The van der Waals surface area contributed by atoms with Gasteiger partial charge in [-0.2, -0.15) is 0 Å². The van der Waals surface area contributed by atoms with Gasteiger partial charge in [0.2, 0.25) is 0 Å². The Hall–Kier alpha value is -1.26. The lowest BCUT2D eigenvalue weighted by atomic mass is 9.72. The number of nitrogens with one attached hydrogen (secondary N) is 1. The highest BCUT2D eigenvalue weighted by Gasteiger charge is 2.35. The van der Waals surface area contributed by atoms with Crippen molar-refractivity contribution in [1.82, 2.24) is 5.32 Å². The Morgan fingerprint density at radius 3 is 2.24 bits per heavy atom. The lowest BCUT2D eigenvalue weighted by Gasteiger charge is -2.36. The number of carbonyl (C=O) groups is 2. The van der Waals surface area contributed by atoms with Gasteiger partial charge in [0, 0.05) is 0 Å². The van der Waals surface area contributed by atoms with E-state index in [0.29, 0.717) is 6.42 Å². The molecule has 0 spiro atoms. The first-order chi connectivity index (χ1) is 9.65. The second-order valence-electron chi connectivity index (χ2n) is 7.30. The van der Waals surface area contributed by atoms with Crippen LogP contribution >= 0.6 is 0 Å². The maximum atomic E-state index is 11.9. The Labute approximate surface area is 127 Å². The average molecular weight is 299 g/mol. The van der Waals surface area contributed by atoms with Gasteiger partial charge in [0.25, 0.3) is 0 Å². The first-order valence-corrected chi connectivity index (χ1v) is 7.73. The standard InChI is InChI=1S/C16H29NO4/c1-15(2,3)21-14(19)17-12(13(18)20-5)11-16(4)9-7-6-8-10-16/h12H,6-11H2,1-5H3,(H,17,19)/t12-/m0/s1. The monoisotopic (exact) mass is 299 g/mol. The minimum atomic E-state index is -0.645. The minimum absolute atomic E-state index is 0.0755. The van der Waals surface area contributed by atoms with Crippen molar-refractivity contribution >= 4 is 12.1 Å². The van der Waals surface area contributed by atoms with E-state index in [4.69, 9.17) is 9.47 Å². The first kappa shape index (κ1) is 17.8. The number of esters is 1. The van der Waals surface area contributed by atoms with Gasteiger partial charge >= 0.3 is 12.1 Å². The number of hydrogen-bond acceptors (Lipinski definition) is 4. The molecule has 0 aromatic heterocycles. The van der Waals surface area contributed by atoms with Crippen molar-refractivity contribution < 1.29 is 19.1 Å². The fourth-order valence-electron chi connectivity index (χ4n) is 2.89. The smallest absolute Gasteiger partial charge is 0.408 e. The Morgan fingerprint density at radius 2 is 1.76 bits per heavy atom. The molecule has 0 aromatic rings. The van der Waals surface area contributed by atoms with Gasteiger partial charge in [0.1, 0.15) is 11.6 Å². The molecule has 1 aliphatic carbocycles. The summed E-state index contributed by atoms with van der Waals surface area (Å²) in [7, 11) is 1.34. The summed E-state index contributed by atoms with van der Waals surface area (Å²) in [5, 5.41) is 2.66. The summed E-state index contributed by atoms with van der Waals surface area (Å²) in [5.41, 5.74) is -0.508. The maximum Gasteiger partial charge on any atom is 0.408 e. The molecule has 0 aliphatic heterocycles. The van der Waals surface area contributed by atoms with Gasteiger partial charge in [-0.15, -0.1) is 0 Å². The molecule has 21 heavy (non-hydrogen) atoms. The molecule has 0 heterocycles. The van der Waals surface area contributed by atoms with Crippen LogP contribution in [0, 0.1) is 5.41 Å². The number of rotatable bonds is 4. The highest BCUT2D eigenvalue weighted by atomic mass is 16.6. The normalized spacial score (nSPS) is 19.5. The van der Waals surface area contributed by atoms with E-state index in [1.807, 2.05) is 0 Å². The van der Waals surface area contributed by atoms with E-state index in [0.717, 1.165) is 12.8 Å². The third-order valence-corrected chi connectivity index (χ3v) is 3.93. The molecule has 1 amide bonds. The van der Waals surface area contributed by atoms with Crippen LogP contribution in [-0.4, -0.2) is 30.8 Å². The average Bonchev–Trinajstić information content (AvgIpc) is 2.35. The van der Waals surface area contributed by atoms with Crippen LogP contribution < -0.4 is 5.32 Å². The minimum Gasteiger partial charge on any atom is -0.467 e. The maximum absolute atomic E-state index is 11.9. The summed E-state index contributed by atoms with van der Waals surface area (Å²) in [6, 6.07) is -0.645. The summed E-state index contributed by atoms with van der Waals surface area (Å²) in [6.45, 7) is 7.56. The lowest BCUT2D eigenvalue weighted by molar-refractivity contribution is -0.144. The number of ether oxygens (including phenoxy) is 2. The fourth-order valence-corrected chi connectivity index (χ4v) is 2.89. The predicted octanol–water partition coefficient (Wildman–Crippen LogP) is 3.41. The molecule has 1 fully saturated rings. The van der Waals surface area contributed by atoms with E-state index in [9.17, 15) is 9.59 Å². The molecule has 0 saturated heterocycles. The van der Waals surface area contributed by atoms with Gasteiger partial charge in [-0.3, -0.25) is 0 Å². The van der Waals surface area contributed by atoms with Gasteiger partial charge in [-0.1, -0.05) is 26.2 Å². The molecule has 1 atom stereocenters. The molecule has 1 aliphatic rings. The van der Waals surface area contributed by atoms with Crippen LogP contribution in [0.5, 0.6) is 0 Å². The van der Waals surface area contributed by atoms with E-state index in [-0.39, 0.29) is 5.41 Å². The zero-order valence-corrected chi connectivity index (χ0v) is 14.0. The zero-order chi connectivity index (χ0) is 16.1. The number of alkyl carbamates (subject to hydrolysis) is 1. The Balaban J connectivity index is 2.67. The molecule has 5 nitrogen and oxygen atoms in total. The lowest BCUT2D eigenvalue weighted by Crippen LogP contribution is -2.46. The van der Waals surface area contributed by atoms with Gasteiger partial charge in [-0.05, 0) is 45.4 Å². The molecule has 1 rings (SSSR count). The van der Waals surface area contributed by atoms with Crippen LogP contribution in [0.4, 0.5) is 4.79 Å². The third kappa shape index (κ3) is 6.36. The molecule has 0 unspecified atom stereocenters. The SMILES string of the molecule is COC(=O)[C@H](CC1(C)CCCCC1)NC(=O)OC(C)(C)C. The van der Waals surface area contributed by atoms with Crippen LogP contribution in [0.15, 0.2) is 0 Å². The van der Waals surface area contributed by atoms with Crippen molar-refractivity contribution in [3.05, 3.63) is 0 Å². The first-order valence-electron chi connectivity index (χ1n) is 7.73. The summed E-state index contributed by atoms with van der Waals surface area (Å²) >= 11 is 0. The number of carbonyl (C=O) groups excluding carboxylic acids is 2. The quantitative estimate of drug-likeness (QED) is 0.808. The van der Waals surface area contributed by atoms with Gasteiger partial charge < -0.3 is 14.8 Å². The molecule has 5 heteroatoms. The van der Waals surface area contributed by atoms with Crippen molar-refractivity contribution in [3.63, 3.8) is 0 Å². The number of hydrogen-bond donors (Lipinski definition) is 1. The van der Waals surface area contributed by atoms with Crippen molar-refractivity contribution in [3.8, 4) is 0 Å². The van der Waals surface area contributed by atoms with E-state index in [1.54, 1.807) is 20.8 Å². The summed E-state index contributed by atoms with van der Waals surface area (Å²) in [4.78, 5) is 23.8. The summed E-state index contributed by atoms with van der Waals surface area (Å²) in [6.07, 6.45) is 5.79. The molecule has 0 radical (unpaired) electrons. The predicted molar refractivity (Wildman–Crippen MR) is 81.0 cm³/mol. The molecule has 0 bridgehead atoms. The molecule has 1 N–H and O–H groups in total. The Bertz CT molecular complexity index is 367. The number of methoxy groups -OCH3 is 1. The topological polar surface area (TPSA) is 64.6 Å². The van der Waals surface area contributed by atoms with Crippen molar-refractivity contribution in [2.75, 3.05) is 7.11 Å². The van der Waals surface area contributed by atoms with Gasteiger partial charge in [0.05, 0.1) is 7.11 Å². The van der Waals surface area contributed by atoms with E-state index in [1.165, 1.54) is 26.4 Å². The molecule has 0 aromatic carbocycles. The Kier molecular flexibility index (Phi) is 6.05. The third-order valence-electron chi connectivity index (χ3n) is 3.93. The van der Waals surface area contributed by atoms with Crippen molar-refractivity contribution in [1.29, 1.82) is 0 Å². The second-order valence-corrected chi connectivity index (χ2v) is 7.30. The zero-order valence-electron chi connectivity index (χ0n) is 14.0. The van der Waals surface area contributed by atoms with E-state index >= 15 is 0 Å². The summed E-state index contributed by atoms with van der Waals surface area (Å²) < 4.78 is 10.0. The highest BCUT2D eigenvalue weighted by Crippen LogP contribution is 2.39. The van der Waals surface area contributed by atoms with Crippen LogP contribution in [-0.2, 0) is 14.3 Å².